The lowest BCUT2D eigenvalue weighted by molar-refractivity contribution is -0.120. The van der Waals surface area contributed by atoms with Gasteiger partial charge in [-0.2, -0.15) is 0 Å². The Kier molecular flexibility index (Phi) is 6.88. The number of carbonyl (C=O) groups is 1. The average Bonchev–Trinajstić information content (AvgIpc) is 2.87. The molecular weight excluding hydrogens is 286 g/mol. The van der Waals surface area contributed by atoms with Gasteiger partial charge in [0.1, 0.15) is 0 Å². The first-order valence-electron chi connectivity index (χ1n) is 6.56. The number of hydrogen-bond acceptors (Lipinski definition) is 2. The summed E-state index contributed by atoms with van der Waals surface area (Å²) in [6.45, 7) is 2.70. The van der Waals surface area contributed by atoms with Crippen LogP contribution in [0.1, 0.15) is 18.4 Å². The molecule has 0 radical (unpaired) electrons. The standard InChI is InChI=1S/C14H18F2N2O.ClH/c15-12-2-1-11(7-13(12)16)8-14(19)18-6-4-10-3-5-17-9-10;/h1-2,7,10,17H,3-6,8-9H2,(H,18,19);1H. The molecule has 3 nitrogen and oxygen atoms in total. The molecule has 1 heterocycles. The fraction of sp³-hybridized carbons (Fsp3) is 0.500. The van der Waals surface area contributed by atoms with Gasteiger partial charge in [0.2, 0.25) is 5.91 Å². The van der Waals surface area contributed by atoms with Crippen LogP contribution in [-0.4, -0.2) is 25.5 Å². The van der Waals surface area contributed by atoms with Crippen LogP contribution in [-0.2, 0) is 11.2 Å². The highest BCUT2D eigenvalue weighted by molar-refractivity contribution is 5.85. The summed E-state index contributed by atoms with van der Waals surface area (Å²) in [6, 6.07) is 3.54. The van der Waals surface area contributed by atoms with Gasteiger partial charge in [-0.05, 0) is 49.5 Å². The lowest BCUT2D eigenvalue weighted by atomic mass is 10.1. The highest BCUT2D eigenvalue weighted by atomic mass is 35.5. The molecule has 1 aliphatic heterocycles. The minimum absolute atomic E-state index is 0. The molecular formula is C14H19ClF2N2O. The van der Waals surface area contributed by atoms with Crippen molar-refractivity contribution in [3.8, 4) is 0 Å². The van der Waals surface area contributed by atoms with Crippen LogP contribution in [0.25, 0.3) is 0 Å². The zero-order valence-corrected chi connectivity index (χ0v) is 11.9. The van der Waals surface area contributed by atoms with E-state index in [1.54, 1.807) is 0 Å². The first-order chi connectivity index (χ1) is 9.15. The molecule has 6 heteroatoms. The minimum Gasteiger partial charge on any atom is -0.356 e. The van der Waals surface area contributed by atoms with Crippen LogP contribution < -0.4 is 10.6 Å². The third kappa shape index (κ3) is 5.06. The largest absolute Gasteiger partial charge is 0.356 e. The average molecular weight is 305 g/mol. The van der Waals surface area contributed by atoms with Crippen LogP contribution in [0.5, 0.6) is 0 Å². The first kappa shape index (κ1) is 16.9. The van der Waals surface area contributed by atoms with Crippen molar-refractivity contribution in [3.63, 3.8) is 0 Å². The molecule has 1 amide bonds. The fourth-order valence-electron chi connectivity index (χ4n) is 2.27. The maximum Gasteiger partial charge on any atom is 0.224 e. The van der Waals surface area contributed by atoms with E-state index in [4.69, 9.17) is 0 Å². The van der Waals surface area contributed by atoms with E-state index in [1.807, 2.05) is 0 Å². The Morgan fingerprint density at radius 1 is 1.35 bits per heavy atom. The van der Waals surface area contributed by atoms with E-state index < -0.39 is 11.6 Å². The molecule has 0 saturated carbocycles. The zero-order valence-electron chi connectivity index (χ0n) is 11.1. The molecule has 1 atom stereocenters. The van der Waals surface area contributed by atoms with Gasteiger partial charge in [0.05, 0.1) is 6.42 Å². The van der Waals surface area contributed by atoms with E-state index in [1.165, 1.54) is 6.07 Å². The summed E-state index contributed by atoms with van der Waals surface area (Å²) in [5, 5.41) is 6.08. The lowest BCUT2D eigenvalue weighted by Gasteiger charge is -2.09. The Hall–Kier alpha value is -1.20. The lowest BCUT2D eigenvalue weighted by Crippen LogP contribution is -2.27. The van der Waals surface area contributed by atoms with Gasteiger partial charge in [0, 0.05) is 6.54 Å². The van der Waals surface area contributed by atoms with Crippen LogP contribution in [0, 0.1) is 17.6 Å². The minimum atomic E-state index is -0.915. The number of carbonyl (C=O) groups excluding carboxylic acids is 1. The summed E-state index contributed by atoms with van der Waals surface area (Å²) >= 11 is 0. The Morgan fingerprint density at radius 3 is 2.80 bits per heavy atom. The molecule has 2 rings (SSSR count). The van der Waals surface area contributed by atoms with Crippen LogP contribution in [0.2, 0.25) is 0 Å². The topological polar surface area (TPSA) is 41.1 Å². The molecule has 1 aromatic carbocycles. The molecule has 1 unspecified atom stereocenters. The molecule has 1 aliphatic rings. The molecule has 20 heavy (non-hydrogen) atoms. The maximum atomic E-state index is 13.0. The monoisotopic (exact) mass is 304 g/mol. The van der Waals surface area contributed by atoms with E-state index in [0.29, 0.717) is 18.0 Å². The van der Waals surface area contributed by atoms with Gasteiger partial charge in [0.15, 0.2) is 11.6 Å². The SMILES string of the molecule is Cl.O=C(Cc1ccc(F)c(F)c1)NCCC1CCNC1. The number of hydrogen-bond donors (Lipinski definition) is 2. The van der Waals surface area contributed by atoms with Crippen LogP contribution in [0.4, 0.5) is 8.78 Å². The Labute approximate surface area is 123 Å². The molecule has 2 N–H and O–H groups in total. The zero-order chi connectivity index (χ0) is 13.7. The summed E-state index contributed by atoms with van der Waals surface area (Å²) < 4.78 is 25.7. The van der Waals surface area contributed by atoms with Gasteiger partial charge in [-0.25, -0.2) is 8.78 Å². The smallest absolute Gasteiger partial charge is 0.224 e. The molecule has 0 aromatic heterocycles. The Balaban J connectivity index is 0.00000200. The van der Waals surface area contributed by atoms with Gasteiger partial charge in [-0.1, -0.05) is 6.07 Å². The van der Waals surface area contributed by atoms with E-state index >= 15 is 0 Å². The second-order valence-electron chi connectivity index (χ2n) is 4.92. The first-order valence-corrected chi connectivity index (χ1v) is 6.56. The van der Waals surface area contributed by atoms with Crippen molar-refractivity contribution >= 4 is 18.3 Å². The predicted octanol–water partition coefficient (Wildman–Crippen LogP) is 2.04. The second kappa shape index (κ2) is 8.17. The molecule has 112 valence electrons. The van der Waals surface area contributed by atoms with Crippen molar-refractivity contribution in [3.05, 3.63) is 35.4 Å². The number of nitrogens with one attached hydrogen (secondary N) is 2. The summed E-state index contributed by atoms with van der Waals surface area (Å²) in [7, 11) is 0. The van der Waals surface area contributed by atoms with Crippen LogP contribution in [0.15, 0.2) is 18.2 Å². The van der Waals surface area contributed by atoms with E-state index in [-0.39, 0.29) is 24.7 Å². The third-order valence-corrected chi connectivity index (χ3v) is 3.39. The summed E-state index contributed by atoms with van der Waals surface area (Å²) in [6.07, 6.45) is 2.19. The third-order valence-electron chi connectivity index (χ3n) is 3.39. The van der Waals surface area contributed by atoms with Crippen molar-refractivity contribution in [1.29, 1.82) is 0 Å². The molecule has 1 aromatic rings. The van der Waals surface area contributed by atoms with E-state index in [0.717, 1.165) is 38.1 Å². The highest BCUT2D eigenvalue weighted by Crippen LogP contribution is 2.11. The van der Waals surface area contributed by atoms with E-state index in [2.05, 4.69) is 10.6 Å². The molecule has 1 fully saturated rings. The number of benzene rings is 1. The number of rotatable bonds is 5. The van der Waals surface area contributed by atoms with Gasteiger partial charge in [0.25, 0.3) is 0 Å². The Morgan fingerprint density at radius 2 is 2.15 bits per heavy atom. The van der Waals surface area contributed by atoms with Crippen molar-refractivity contribution in [2.45, 2.75) is 19.3 Å². The van der Waals surface area contributed by atoms with Crippen LogP contribution in [0.3, 0.4) is 0 Å². The molecule has 0 spiro atoms. The quantitative estimate of drug-likeness (QED) is 0.874. The van der Waals surface area contributed by atoms with Gasteiger partial charge >= 0.3 is 0 Å². The Bertz CT molecular complexity index is 451. The van der Waals surface area contributed by atoms with Crippen molar-refractivity contribution in [2.24, 2.45) is 5.92 Å². The maximum absolute atomic E-state index is 13.0. The molecule has 0 aliphatic carbocycles. The van der Waals surface area contributed by atoms with Crippen molar-refractivity contribution < 1.29 is 13.6 Å². The number of halogens is 3. The summed E-state index contributed by atoms with van der Waals surface area (Å²) in [4.78, 5) is 11.6. The van der Waals surface area contributed by atoms with Gasteiger partial charge in [-0.15, -0.1) is 12.4 Å². The van der Waals surface area contributed by atoms with Gasteiger partial charge < -0.3 is 10.6 Å². The van der Waals surface area contributed by atoms with Gasteiger partial charge in [-0.3, -0.25) is 4.79 Å². The van der Waals surface area contributed by atoms with Crippen LogP contribution >= 0.6 is 12.4 Å². The van der Waals surface area contributed by atoms with Crippen molar-refractivity contribution in [1.82, 2.24) is 10.6 Å². The summed E-state index contributed by atoms with van der Waals surface area (Å²) in [5.74, 6) is -1.33. The molecule has 1 saturated heterocycles. The highest BCUT2D eigenvalue weighted by Gasteiger charge is 2.14. The number of amides is 1. The molecule has 0 bridgehead atoms. The summed E-state index contributed by atoms with van der Waals surface area (Å²) in [5.41, 5.74) is 0.485. The van der Waals surface area contributed by atoms with E-state index in [9.17, 15) is 13.6 Å². The second-order valence-corrected chi connectivity index (χ2v) is 4.92. The normalized spacial score (nSPS) is 17.6. The van der Waals surface area contributed by atoms with Crippen molar-refractivity contribution in [2.75, 3.05) is 19.6 Å². The fourth-order valence-corrected chi connectivity index (χ4v) is 2.27. The predicted molar refractivity (Wildman–Crippen MR) is 75.9 cm³/mol.